The summed E-state index contributed by atoms with van der Waals surface area (Å²) in [5.74, 6) is 0.261. The van der Waals surface area contributed by atoms with Gasteiger partial charge in [0.15, 0.2) is 5.78 Å². The number of allylic oxidation sites excluding steroid dienone is 4. The average molecular weight is 249 g/mol. The predicted octanol–water partition coefficient (Wildman–Crippen LogP) is 2.83. The molecule has 0 bridgehead atoms. The Morgan fingerprint density at radius 1 is 1.11 bits per heavy atom. The van der Waals surface area contributed by atoms with E-state index >= 15 is 0 Å². The molecule has 0 saturated heterocycles. The first kappa shape index (κ1) is 14.7. The minimum Gasteiger partial charge on any atom is -0.330 e. The van der Waals surface area contributed by atoms with Crippen LogP contribution in [0.15, 0.2) is 23.4 Å². The summed E-state index contributed by atoms with van der Waals surface area (Å²) in [4.78, 5) is 23.0. The molecule has 1 fully saturated rings. The topological polar surface area (TPSA) is 46.2 Å². The number of rotatable bonds is 4. The molecule has 0 aromatic carbocycles. The third-order valence-corrected chi connectivity index (χ3v) is 3.45. The van der Waals surface area contributed by atoms with Gasteiger partial charge in [0, 0.05) is 5.70 Å². The van der Waals surface area contributed by atoms with E-state index in [1.165, 1.54) is 18.6 Å². The molecule has 0 spiro atoms. The molecule has 0 aliphatic heterocycles. The summed E-state index contributed by atoms with van der Waals surface area (Å²) in [6, 6.07) is 0. The zero-order valence-corrected chi connectivity index (χ0v) is 12.1. The van der Waals surface area contributed by atoms with Gasteiger partial charge in [-0.2, -0.15) is 0 Å². The third-order valence-electron chi connectivity index (χ3n) is 3.45. The van der Waals surface area contributed by atoms with E-state index in [0.717, 1.165) is 0 Å². The van der Waals surface area contributed by atoms with Gasteiger partial charge in [0.1, 0.15) is 0 Å². The zero-order chi connectivity index (χ0) is 14.1. The maximum Gasteiger partial charge on any atom is 0.228 e. The summed E-state index contributed by atoms with van der Waals surface area (Å²) in [5.41, 5.74) is 1.86. The average Bonchev–Trinajstić information content (AvgIpc) is 2.64. The number of carbonyl (C=O) groups is 2. The maximum absolute atomic E-state index is 12.1. The van der Waals surface area contributed by atoms with Crippen molar-refractivity contribution in [3.05, 3.63) is 23.4 Å². The first-order valence-electron chi connectivity index (χ1n) is 6.31. The minimum absolute atomic E-state index is 0.00251. The molecule has 1 rings (SSSR count). The van der Waals surface area contributed by atoms with Crippen molar-refractivity contribution in [2.24, 2.45) is 17.3 Å². The van der Waals surface area contributed by atoms with Gasteiger partial charge in [-0.05, 0) is 45.1 Å². The van der Waals surface area contributed by atoms with E-state index in [-0.39, 0.29) is 23.0 Å². The van der Waals surface area contributed by atoms with E-state index in [9.17, 15) is 9.59 Å². The fourth-order valence-corrected chi connectivity index (χ4v) is 2.46. The summed E-state index contributed by atoms with van der Waals surface area (Å²) in [6.07, 6.45) is 3.61. The second kappa shape index (κ2) is 5.09. The Hall–Kier alpha value is -1.38. The Kier molecular flexibility index (Phi) is 4.15. The quantitative estimate of drug-likeness (QED) is 0.615. The standard InChI is InChI=1S/C15H23NO2/c1-9(2)7-12-13(15(12,5)6)14(18)16-10(3)8-11(4)17/h7-8,12-13H,1-6H3,(H,16,18). The molecular formula is C15H23NO2. The Morgan fingerprint density at radius 3 is 2.11 bits per heavy atom. The molecule has 3 nitrogen and oxygen atoms in total. The minimum atomic E-state index is -0.0521. The van der Waals surface area contributed by atoms with Crippen LogP contribution in [0.1, 0.15) is 41.5 Å². The van der Waals surface area contributed by atoms with Gasteiger partial charge in [-0.15, -0.1) is 0 Å². The number of carbonyl (C=O) groups excluding carboxylic acids is 2. The summed E-state index contributed by atoms with van der Waals surface area (Å²) < 4.78 is 0. The number of hydrogen-bond donors (Lipinski definition) is 1. The zero-order valence-electron chi connectivity index (χ0n) is 12.1. The predicted molar refractivity (Wildman–Crippen MR) is 72.8 cm³/mol. The maximum atomic E-state index is 12.1. The van der Waals surface area contributed by atoms with Crippen LogP contribution in [0.2, 0.25) is 0 Å². The molecule has 1 aliphatic carbocycles. The van der Waals surface area contributed by atoms with Gasteiger partial charge in [0.2, 0.25) is 5.91 Å². The van der Waals surface area contributed by atoms with Gasteiger partial charge in [-0.25, -0.2) is 0 Å². The Balaban J connectivity index is 2.70. The molecule has 3 heteroatoms. The van der Waals surface area contributed by atoms with Crippen molar-refractivity contribution in [3.8, 4) is 0 Å². The molecule has 1 N–H and O–H groups in total. The van der Waals surface area contributed by atoms with E-state index in [1.807, 2.05) is 13.8 Å². The molecule has 100 valence electrons. The summed E-state index contributed by atoms with van der Waals surface area (Å²) in [7, 11) is 0. The highest BCUT2D eigenvalue weighted by Gasteiger charge is 2.60. The van der Waals surface area contributed by atoms with E-state index in [0.29, 0.717) is 11.6 Å². The lowest BCUT2D eigenvalue weighted by Crippen LogP contribution is -2.25. The number of amides is 1. The normalized spacial score (nSPS) is 25.3. The van der Waals surface area contributed by atoms with Crippen molar-refractivity contribution in [2.75, 3.05) is 0 Å². The van der Waals surface area contributed by atoms with Crippen LogP contribution in [0.5, 0.6) is 0 Å². The summed E-state index contributed by atoms with van der Waals surface area (Å²) >= 11 is 0. The van der Waals surface area contributed by atoms with Gasteiger partial charge >= 0.3 is 0 Å². The molecule has 0 aromatic rings. The van der Waals surface area contributed by atoms with E-state index < -0.39 is 0 Å². The Bertz CT molecular complexity index is 426. The van der Waals surface area contributed by atoms with Gasteiger partial charge in [-0.1, -0.05) is 25.5 Å². The van der Waals surface area contributed by atoms with Crippen molar-refractivity contribution < 1.29 is 9.59 Å². The fraction of sp³-hybridized carbons (Fsp3) is 0.600. The van der Waals surface area contributed by atoms with Crippen LogP contribution in [0.4, 0.5) is 0 Å². The molecule has 0 heterocycles. The van der Waals surface area contributed by atoms with Crippen molar-refractivity contribution in [1.82, 2.24) is 5.32 Å². The number of hydrogen-bond acceptors (Lipinski definition) is 2. The Morgan fingerprint density at radius 2 is 1.67 bits per heavy atom. The van der Waals surface area contributed by atoms with Crippen LogP contribution in [-0.2, 0) is 9.59 Å². The number of ketones is 1. The summed E-state index contributed by atoms with van der Waals surface area (Å²) in [5, 5.41) is 2.80. The lowest BCUT2D eigenvalue weighted by molar-refractivity contribution is -0.122. The van der Waals surface area contributed by atoms with Crippen LogP contribution in [-0.4, -0.2) is 11.7 Å². The van der Waals surface area contributed by atoms with Crippen molar-refractivity contribution in [2.45, 2.75) is 41.5 Å². The number of nitrogens with one attached hydrogen (secondary N) is 1. The second-order valence-electron chi connectivity index (χ2n) is 6.00. The summed E-state index contributed by atoms with van der Waals surface area (Å²) in [6.45, 7) is 11.5. The van der Waals surface area contributed by atoms with Gasteiger partial charge in [0.05, 0.1) is 5.92 Å². The van der Waals surface area contributed by atoms with Gasteiger partial charge in [-0.3, -0.25) is 9.59 Å². The molecule has 1 saturated carbocycles. The highest BCUT2D eigenvalue weighted by molar-refractivity contribution is 5.90. The van der Waals surface area contributed by atoms with Gasteiger partial charge < -0.3 is 5.32 Å². The molecule has 0 aromatic heterocycles. The lowest BCUT2D eigenvalue weighted by Gasteiger charge is -2.05. The molecule has 2 atom stereocenters. The van der Waals surface area contributed by atoms with Crippen molar-refractivity contribution in [3.63, 3.8) is 0 Å². The monoisotopic (exact) mass is 249 g/mol. The Labute approximate surface area is 109 Å². The fourth-order valence-electron chi connectivity index (χ4n) is 2.46. The second-order valence-corrected chi connectivity index (χ2v) is 6.00. The van der Waals surface area contributed by atoms with Crippen LogP contribution in [0.3, 0.4) is 0 Å². The van der Waals surface area contributed by atoms with E-state index in [2.05, 4.69) is 25.2 Å². The largest absolute Gasteiger partial charge is 0.330 e. The molecule has 1 amide bonds. The first-order chi connectivity index (χ1) is 8.16. The SMILES string of the molecule is CC(=O)C=C(C)NC(=O)C1C(C=C(C)C)C1(C)C. The van der Waals surface area contributed by atoms with Crippen molar-refractivity contribution in [1.29, 1.82) is 0 Å². The van der Waals surface area contributed by atoms with Crippen LogP contribution in [0, 0.1) is 17.3 Å². The lowest BCUT2D eigenvalue weighted by atomic mass is 10.1. The van der Waals surface area contributed by atoms with Crippen molar-refractivity contribution >= 4 is 11.7 Å². The van der Waals surface area contributed by atoms with E-state index in [1.54, 1.807) is 6.92 Å². The highest BCUT2D eigenvalue weighted by atomic mass is 16.2. The molecular weight excluding hydrogens is 226 g/mol. The van der Waals surface area contributed by atoms with E-state index in [4.69, 9.17) is 0 Å². The molecule has 0 radical (unpaired) electrons. The van der Waals surface area contributed by atoms with Gasteiger partial charge in [0.25, 0.3) is 0 Å². The van der Waals surface area contributed by atoms with Crippen LogP contribution < -0.4 is 5.32 Å². The molecule has 2 unspecified atom stereocenters. The molecule has 18 heavy (non-hydrogen) atoms. The first-order valence-corrected chi connectivity index (χ1v) is 6.31. The highest BCUT2D eigenvalue weighted by Crippen LogP contribution is 2.59. The smallest absolute Gasteiger partial charge is 0.228 e. The van der Waals surface area contributed by atoms with Crippen LogP contribution in [0.25, 0.3) is 0 Å². The third kappa shape index (κ3) is 3.31. The molecule has 1 aliphatic rings. The van der Waals surface area contributed by atoms with Crippen LogP contribution >= 0.6 is 0 Å².